The molecular formula is C17H28N4O2S. The molecule has 0 radical (unpaired) electrons. The van der Waals surface area contributed by atoms with Gasteiger partial charge in [-0.1, -0.05) is 13.8 Å². The number of imidazole rings is 1. The van der Waals surface area contributed by atoms with E-state index in [0.717, 1.165) is 16.3 Å². The van der Waals surface area contributed by atoms with E-state index < -0.39 is 5.60 Å². The molecule has 6 nitrogen and oxygen atoms in total. The highest BCUT2D eigenvalue weighted by Gasteiger charge is 2.21. The summed E-state index contributed by atoms with van der Waals surface area (Å²) in [5.74, 6) is 0.303. The number of fused-ring (bicyclic) bond motifs is 1. The van der Waals surface area contributed by atoms with E-state index in [4.69, 9.17) is 4.74 Å². The number of hydrogen-bond acceptors (Lipinski definition) is 5. The Kier molecular flexibility index (Phi) is 5.87. The molecule has 0 aliphatic carbocycles. The van der Waals surface area contributed by atoms with Gasteiger partial charge in [-0.25, -0.2) is 9.78 Å². The highest BCUT2D eigenvalue weighted by atomic mass is 32.1. The van der Waals surface area contributed by atoms with Gasteiger partial charge in [-0.3, -0.25) is 4.40 Å². The van der Waals surface area contributed by atoms with Gasteiger partial charge in [0.1, 0.15) is 5.60 Å². The van der Waals surface area contributed by atoms with Crippen molar-refractivity contribution in [2.45, 2.75) is 59.7 Å². The molecule has 2 aromatic rings. The number of hydrogen-bond donors (Lipinski definition) is 2. The van der Waals surface area contributed by atoms with Crippen molar-refractivity contribution in [3.05, 3.63) is 23.0 Å². The van der Waals surface area contributed by atoms with Gasteiger partial charge in [0.2, 0.25) is 0 Å². The third-order valence-corrected chi connectivity index (χ3v) is 4.48. The number of aromatic nitrogens is 2. The van der Waals surface area contributed by atoms with Crippen molar-refractivity contribution in [2.24, 2.45) is 5.92 Å². The fraction of sp³-hybridized carbons (Fsp3) is 0.647. The van der Waals surface area contributed by atoms with Crippen molar-refractivity contribution in [1.82, 2.24) is 20.0 Å². The van der Waals surface area contributed by atoms with Crippen molar-refractivity contribution in [3.8, 4) is 0 Å². The number of carbonyl (C=O) groups excluding carboxylic acids is 1. The monoisotopic (exact) mass is 352 g/mol. The topological polar surface area (TPSA) is 67.7 Å². The van der Waals surface area contributed by atoms with E-state index >= 15 is 0 Å². The fourth-order valence-electron chi connectivity index (χ4n) is 2.41. The lowest BCUT2D eigenvalue weighted by Crippen LogP contribution is -2.47. The lowest BCUT2D eigenvalue weighted by molar-refractivity contribution is 0.0490. The van der Waals surface area contributed by atoms with Crippen LogP contribution in [-0.2, 0) is 11.3 Å². The zero-order chi connectivity index (χ0) is 17.9. The Balaban J connectivity index is 1.91. The van der Waals surface area contributed by atoms with Gasteiger partial charge in [0.15, 0.2) is 4.96 Å². The van der Waals surface area contributed by atoms with E-state index in [1.165, 1.54) is 0 Å². The molecule has 2 heterocycles. The highest BCUT2D eigenvalue weighted by molar-refractivity contribution is 7.15. The van der Waals surface area contributed by atoms with Crippen molar-refractivity contribution >= 4 is 22.4 Å². The van der Waals surface area contributed by atoms with Crippen LogP contribution in [0, 0.1) is 12.8 Å². The molecule has 7 heteroatoms. The normalized spacial score (nSPS) is 13.5. The summed E-state index contributed by atoms with van der Waals surface area (Å²) in [6.45, 7) is 13.2. The lowest BCUT2D eigenvalue weighted by atomic mass is 10.0. The Labute approximate surface area is 147 Å². The second-order valence-corrected chi connectivity index (χ2v) is 8.20. The molecule has 1 unspecified atom stereocenters. The molecule has 0 aliphatic rings. The van der Waals surface area contributed by atoms with Gasteiger partial charge >= 0.3 is 6.09 Å². The first-order valence-corrected chi connectivity index (χ1v) is 9.16. The summed E-state index contributed by atoms with van der Waals surface area (Å²) in [5, 5.41) is 8.42. The first-order valence-electron chi connectivity index (χ1n) is 8.28. The molecule has 0 bridgehead atoms. The second-order valence-electron chi connectivity index (χ2n) is 7.33. The Morgan fingerprint density at radius 1 is 1.42 bits per heavy atom. The van der Waals surface area contributed by atoms with Gasteiger partial charge in [-0.2, -0.15) is 0 Å². The van der Waals surface area contributed by atoms with Crippen LogP contribution in [-0.4, -0.2) is 33.7 Å². The predicted molar refractivity (Wildman–Crippen MR) is 97.5 cm³/mol. The van der Waals surface area contributed by atoms with E-state index in [-0.39, 0.29) is 12.1 Å². The molecule has 0 saturated heterocycles. The van der Waals surface area contributed by atoms with Gasteiger partial charge in [0.25, 0.3) is 0 Å². The first kappa shape index (κ1) is 18.7. The van der Waals surface area contributed by atoms with Crippen LogP contribution in [0.25, 0.3) is 4.96 Å². The maximum absolute atomic E-state index is 12.0. The summed E-state index contributed by atoms with van der Waals surface area (Å²) in [5.41, 5.74) is 1.71. The maximum atomic E-state index is 12.0. The molecule has 2 aromatic heterocycles. The van der Waals surface area contributed by atoms with E-state index in [1.54, 1.807) is 11.3 Å². The van der Waals surface area contributed by atoms with Crippen LogP contribution >= 0.6 is 11.3 Å². The first-order chi connectivity index (χ1) is 11.2. The smallest absolute Gasteiger partial charge is 0.407 e. The largest absolute Gasteiger partial charge is 0.444 e. The van der Waals surface area contributed by atoms with Gasteiger partial charge in [0.05, 0.1) is 11.4 Å². The van der Waals surface area contributed by atoms with Crippen LogP contribution in [0.5, 0.6) is 0 Å². The molecule has 134 valence electrons. The maximum Gasteiger partial charge on any atom is 0.407 e. The average Bonchev–Trinajstić information content (AvgIpc) is 2.97. The van der Waals surface area contributed by atoms with Crippen molar-refractivity contribution < 1.29 is 9.53 Å². The van der Waals surface area contributed by atoms with Crippen molar-refractivity contribution in [2.75, 3.05) is 6.54 Å². The van der Waals surface area contributed by atoms with Crippen LogP contribution in [0.4, 0.5) is 4.79 Å². The molecule has 1 atom stereocenters. The molecule has 2 N–H and O–H groups in total. The third kappa shape index (κ3) is 4.95. The lowest BCUT2D eigenvalue weighted by Gasteiger charge is -2.26. The minimum absolute atomic E-state index is 0.00560. The Hall–Kier alpha value is -1.60. The number of nitrogens with one attached hydrogen (secondary N) is 2. The minimum Gasteiger partial charge on any atom is -0.444 e. The van der Waals surface area contributed by atoms with Crippen LogP contribution in [0.3, 0.4) is 0 Å². The van der Waals surface area contributed by atoms with Crippen LogP contribution in [0.1, 0.15) is 46.0 Å². The van der Waals surface area contributed by atoms with Crippen LogP contribution < -0.4 is 10.6 Å². The molecule has 2 rings (SSSR count). The summed E-state index contributed by atoms with van der Waals surface area (Å²) in [7, 11) is 0. The summed E-state index contributed by atoms with van der Waals surface area (Å²) in [4.78, 5) is 17.5. The zero-order valence-electron chi connectivity index (χ0n) is 15.3. The molecular weight excluding hydrogens is 324 g/mol. The van der Waals surface area contributed by atoms with Gasteiger partial charge in [-0.15, -0.1) is 11.3 Å². The quantitative estimate of drug-likeness (QED) is 0.837. The number of carbonyl (C=O) groups is 1. The Morgan fingerprint density at radius 3 is 2.75 bits per heavy atom. The number of aryl methyl sites for hydroxylation is 1. The second kappa shape index (κ2) is 7.53. The summed E-state index contributed by atoms with van der Waals surface area (Å²) >= 11 is 1.63. The van der Waals surface area contributed by atoms with Crippen molar-refractivity contribution in [3.63, 3.8) is 0 Å². The minimum atomic E-state index is -0.488. The zero-order valence-corrected chi connectivity index (χ0v) is 16.2. The standard InChI is InChI=1S/C17H28N4O2S/c1-11(2)13(20-16(22)23-17(4,5)6)9-18-10-14-12(3)19-15-21(14)7-8-24-15/h7-8,11,13,18H,9-10H2,1-6H3,(H,20,22). The molecule has 0 fully saturated rings. The number of nitrogens with zero attached hydrogens (tertiary/aromatic N) is 2. The Bertz CT molecular complexity index is 684. The molecule has 0 spiro atoms. The number of rotatable bonds is 6. The van der Waals surface area contributed by atoms with E-state index in [0.29, 0.717) is 19.0 Å². The summed E-state index contributed by atoms with van der Waals surface area (Å²) < 4.78 is 7.46. The predicted octanol–water partition coefficient (Wildman–Crippen LogP) is 3.34. The SMILES string of the molecule is Cc1nc2sccn2c1CNCC(NC(=O)OC(C)(C)C)C(C)C. The van der Waals surface area contributed by atoms with E-state index in [9.17, 15) is 4.79 Å². The van der Waals surface area contributed by atoms with Gasteiger partial charge < -0.3 is 15.4 Å². The van der Waals surface area contributed by atoms with Gasteiger partial charge in [0, 0.05) is 30.7 Å². The molecule has 0 aromatic carbocycles. The van der Waals surface area contributed by atoms with E-state index in [1.807, 2.05) is 39.3 Å². The Morgan fingerprint density at radius 2 is 2.12 bits per heavy atom. The highest BCUT2D eigenvalue weighted by Crippen LogP contribution is 2.16. The molecule has 0 saturated carbocycles. The van der Waals surface area contributed by atoms with E-state index in [2.05, 4.69) is 33.9 Å². The third-order valence-electron chi connectivity index (χ3n) is 3.72. The van der Waals surface area contributed by atoms with Gasteiger partial charge in [-0.05, 0) is 33.6 Å². The summed E-state index contributed by atoms with van der Waals surface area (Å²) in [6.07, 6.45) is 1.67. The molecule has 1 amide bonds. The molecule has 0 aliphatic heterocycles. The number of alkyl carbamates (subject to hydrolysis) is 1. The number of thiazole rings is 1. The number of ether oxygens (including phenoxy) is 1. The average molecular weight is 353 g/mol. The van der Waals surface area contributed by atoms with Crippen LogP contribution in [0.2, 0.25) is 0 Å². The summed E-state index contributed by atoms with van der Waals surface area (Å²) in [6, 6.07) is 0.00560. The molecule has 24 heavy (non-hydrogen) atoms. The van der Waals surface area contributed by atoms with Crippen molar-refractivity contribution in [1.29, 1.82) is 0 Å². The fourth-order valence-corrected chi connectivity index (χ4v) is 3.19. The number of amides is 1. The van der Waals surface area contributed by atoms with Crippen LogP contribution in [0.15, 0.2) is 11.6 Å².